The van der Waals surface area contributed by atoms with Crippen molar-refractivity contribution in [3.63, 3.8) is 0 Å². The number of fused-ring (bicyclic) bond motifs is 1. The van der Waals surface area contributed by atoms with Crippen LogP contribution in [0.5, 0.6) is 0 Å². The molecule has 0 radical (unpaired) electrons. The Morgan fingerprint density at radius 1 is 0.920 bits per heavy atom. The summed E-state index contributed by atoms with van der Waals surface area (Å²) in [6.45, 7) is 5.68. The predicted octanol–water partition coefficient (Wildman–Crippen LogP) is 4.44. The van der Waals surface area contributed by atoms with Gasteiger partial charge in [-0.05, 0) is 61.4 Å². The Balaban J connectivity index is 2.01. The van der Waals surface area contributed by atoms with Gasteiger partial charge in [0.25, 0.3) is 0 Å². The van der Waals surface area contributed by atoms with Gasteiger partial charge in [-0.25, -0.2) is 9.97 Å². The molecular formula is C20H18N4O. The predicted molar refractivity (Wildman–Crippen MR) is 98.6 cm³/mol. The van der Waals surface area contributed by atoms with Crippen molar-refractivity contribution in [1.29, 1.82) is 0 Å². The molecule has 3 heterocycles. The van der Waals surface area contributed by atoms with Crippen molar-refractivity contribution in [2.24, 2.45) is 0 Å². The lowest BCUT2D eigenvalue weighted by atomic mass is 10.1. The van der Waals surface area contributed by atoms with Gasteiger partial charge in [-0.15, -0.1) is 0 Å². The van der Waals surface area contributed by atoms with Crippen LogP contribution in [-0.4, -0.2) is 25.7 Å². The Kier molecular flexibility index (Phi) is 3.50. The second-order valence-corrected chi connectivity index (χ2v) is 6.27. The van der Waals surface area contributed by atoms with Crippen molar-refractivity contribution in [1.82, 2.24) is 19.9 Å². The topological polar surface area (TPSA) is 74.4 Å². The maximum absolute atomic E-state index is 11.6. The number of Topliss-reactive ketones (excluding diaryl/α,β-unsaturated/α-hetero) is 1. The Morgan fingerprint density at radius 2 is 1.56 bits per heavy atom. The van der Waals surface area contributed by atoms with E-state index in [1.165, 1.54) is 11.1 Å². The number of hydrogen-bond donors (Lipinski definition) is 2. The zero-order valence-electron chi connectivity index (χ0n) is 14.3. The van der Waals surface area contributed by atoms with Crippen LogP contribution in [0.1, 0.15) is 28.5 Å². The fourth-order valence-corrected chi connectivity index (χ4v) is 2.90. The summed E-state index contributed by atoms with van der Waals surface area (Å²) in [5, 5.41) is 0. The van der Waals surface area contributed by atoms with Crippen molar-refractivity contribution >= 4 is 16.8 Å². The molecule has 0 aliphatic carbocycles. The second-order valence-electron chi connectivity index (χ2n) is 6.27. The fourth-order valence-electron chi connectivity index (χ4n) is 2.90. The number of carbonyl (C=O) groups excluding carboxylic acids is 1. The molecule has 124 valence electrons. The van der Waals surface area contributed by atoms with Crippen molar-refractivity contribution < 1.29 is 4.79 Å². The first-order valence-electron chi connectivity index (χ1n) is 8.16. The van der Waals surface area contributed by atoms with Crippen molar-refractivity contribution in [3.05, 3.63) is 59.4 Å². The maximum atomic E-state index is 11.6. The highest BCUT2D eigenvalue weighted by Gasteiger charge is 2.16. The number of aryl methyl sites for hydroxylation is 2. The molecule has 25 heavy (non-hydrogen) atoms. The molecule has 1 aromatic carbocycles. The van der Waals surface area contributed by atoms with E-state index >= 15 is 0 Å². The summed E-state index contributed by atoms with van der Waals surface area (Å²) in [5.74, 6) is -0.00658. The molecule has 5 heteroatoms. The van der Waals surface area contributed by atoms with Crippen LogP contribution in [0.15, 0.2) is 42.6 Å². The van der Waals surface area contributed by atoms with E-state index in [1.807, 2.05) is 24.4 Å². The third kappa shape index (κ3) is 2.63. The molecule has 3 aromatic heterocycles. The molecule has 5 nitrogen and oxygen atoms in total. The molecule has 4 rings (SSSR count). The van der Waals surface area contributed by atoms with Gasteiger partial charge in [0.05, 0.1) is 28.1 Å². The summed E-state index contributed by atoms with van der Waals surface area (Å²) in [6.07, 6.45) is 1.86. The third-order valence-corrected chi connectivity index (χ3v) is 4.45. The van der Waals surface area contributed by atoms with Gasteiger partial charge < -0.3 is 9.97 Å². The average Bonchev–Trinajstić information content (AvgIpc) is 3.27. The molecule has 0 bridgehead atoms. The zero-order chi connectivity index (χ0) is 17.6. The van der Waals surface area contributed by atoms with Gasteiger partial charge in [-0.3, -0.25) is 4.79 Å². The number of carbonyl (C=O) groups is 1. The van der Waals surface area contributed by atoms with Crippen LogP contribution in [0.25, 0.3) is 33.8 Å². The molecule has 0 atom stereocenters. The number of H-pyrrole nitrogens is 2. The summed E-state index contributed by atoms with van der Waals surface area (Å²) >= 11 is 0. The third-order valence-electron chi connectivity index (χ3n) is 4.45. The molecular weight excluding hydrogens is 312 g/mol. The maximum Gasteiger partial charge on any atom is 0.175 e. The van der Waals surface area contributed by atoms with E-state index in [0.717, 1.165) is 33.8 Å². The molecule has 0 amide bonds. The van der Waals surface area contributed by atoms with Crippen LogP contribution < -0.4 is 0 Å². The number of nitrogens with zero attached hydrogens (tertiary/aromatic N) is 2. The summed E-state index contributed by atoms with van der Waals surface area (Å²) in [7, 11) is 0. The highest BCUT2D eigenvalue weighted by Crippen LogP contribution is 2.30. The van der Waals surface area contributed by atoms with E-state index in [1.54, 1.807) is 13.0 Å². The van der Waals surface area contributed by atoms with Crippen LogP contribution in [0.3, 0.4) is 0 Å². The van der Waals surface area contributed by atoms with Crippen LogP contribution in [0.2, 0.25) is 0 Å². The SMILES string of the molecule is CC(=O)c1ccc(-c2nc3cc(C)c(C)cc3nc2-c2ccc[nH]2)[nH]1. The van der Waals surface area contributed by atoms with Gasteiger partial charge in [-0.2, -0.15) is 0 Å². The molecule has 0 saturated carbocycles. The van der Waals surface area contributed by atoms with Crippen molar-refractivity contribution in [2.45, 2.75) is 20.8 Å². The molecule has 0 aliphatic rings. The average molecular weight is 330 g/mol. The monoisotopic (exact) mass is 330 g/mol. The van der Waals surface area contributed by atoms with Crippen LogP contribution in [-0.2, 0) is 0 Å². The van der Waals surface area contributed by atoms with E-state index in [9.17, 15) is 4.79 Å². The van der Waals surface area contributed by atoms with Crippen LogP contribution in [0.4, 0.5) is 0 Å². The number of nitrogens with one attached hydrogen (secondary N) is 2. The zero-order valence-corrected chi connectivity index (χ0v) is 14.3. The largest absolute Gasteiger partial charge is 0.360 e. The summed E-state index contributed by atoms with van der Waals surface area (Å²) in [4.78, 5) is 27.7. The second kappa shape index (κ2) is 5.70. The minimum Gasteiger partial charge on any atom is -0.360 e. The van der Waals surface area contributed by atoms with Gasteiger partial charge in [-0.1, -0.05) is 0 Å². The van der Waals surface area contributed by atoms with Crippen molar-refractivity contribution in [2.75, 3.05) is 0 Å². The van der Waals surface area contributed by atoms with Gasteiger partial charge in [0.15, 0.2) is 5.78 Å². The highest BCUT2D eigenvalue weighted by atomic mass is 16.1. The Labute approximate surface area is 145 Å². The molecule has 0 unspecified atom stereocenters. The minimum absolute atomic E-state index is 0.00658. The van der Waals surface area contributed by atoms with Gasteiger partial charge >= 0.3 is 0 Å². The Hall–Kier alpha value is -3.21. The van der Waals surface area contributed by atoms with Gasteiger partial charge in [0.1, 0.15) is 11.4 Å². The van der Waals surface area contributed by atoms with E-state index in [-0.39, 0.29) is 5.78 Å². The van der Waals surface area contributed by atoms with E-state index < -0.39 is 0 Å². The van der Waals surface area contributed by atoms with Gasteiger partial charge in [0, 0.05) is 13.1 Å². The Bertz CT molecular complexity index is 1090. The molecule has 2 N–H and O–H groups in total. The normalized spacial score (nSPS) is 11.2. The highest BCUT2D eigenvalue weighted by molar-refractivity contribution is 5.94. The lowest BCUT2D eigenvalue weighted by Gasteiger charge is -2.10. The quantitative estimate of drug-likeness (QED) is 0.545. The molecule has 4 aromatic rings. The first-order chi connectivity index (χ1) is 12.0. The molecule has 0 aliphatic heterocycles. The number of aromatic nitrogens is 4. The number of aromatic amines is 2. The molecule has 0 fully saturated rings. The van der Waals surface area contributed by atoms with Crippen LogP contribution >= 0.6 is 0 Å². The summed E-state index contributed by atoms with van der Waals surface area (Å²) in [6, 6.07) is 11.7. The van der Waals surface area contributed by atoms with E-state index in [4.69, 9.17) is 9.97 Å². The Morgan fingerprint density at radius 3 is 2.08 bits per heavy atom. The number of hydrogen-bond acceptors (Lipinski definition) is 3. The first-order valence-corrected chi connectivity index (χ1v) is 8.16. The van der Waals surface area contributed by atoms with E-state index in [2.05, 4.69) is 35.9 Å². The fraction of sp³-hybridized carbons (Fsp3) is 0.150. The van der Waals surface area contributed by atoms with Crippen LogP contribution in [0, 0.1) is 13.8 Å². The number of rotatable bonds is 3. The lowest BCUT2D eigenvalue weighted by molar-refractivity contribution is 0.101. The number of benzene rings is 1. The van der Waals surface area contributed by atoms with Gasteiger partial charge in [0.2, 0.25) is 0 Å². The smallest absolute Gasteiger partial charge is 0.175 e. The first kappa shape index (κ1) is 15.3. The molecule has 0 spiro atoms. The summed E-state index contributed by atoms with van der Waals surface area (Å²) < 4.78 is 0. The number of ketones is 1. The summed E-state index contributed by atoms with van der Waals surface area (Å²) in [5.41, 5.74) is 7.78. The molecule has 0 saturated heterocycles. The van der Waals surface area contributed by atoms with Crippen molar-refractivity contribution in [3.8, 4) is 22.8 Å². The minimum atomic E-state index is -0.00658. The standard InChI is InChI=1S/C20H18N4O/c1-11-9-17-18(10-12(11)2)24-20(16-7-6-14(22-16)13(3)25)19(23-17)15-5-4-8-21-15/h4-10,21-22H,1-3H3. The van der Waals surface area contributed by atoms with E-state index in [0.29, 0.717) is 5.69 Å². The lowest BCUT2D eigenvalue weighted by Crippen LogP contribution is -1.98.